The van der Waals surface area contributed by atoms with Gasteiger partial charge in [-0.25, -0.2) is 0 Å². The molecular formula is C15H20N2O2. The molecule has 0 aromatic heterocycles. The molecule has 0 heterocycles. The van der Waals surface area contributed by atoms with Crippen molar-refractivity contribution in [3.63, 3.8) is 0 Å². The molecule has 4 nitrogen and oxygen atoms in total. The Morgan fingerprint density at radius 2 is 1.79 bits per heavy atom. The van der Waals surface area contributed by atoms with E-state index in [4.69, 9.17) is 0 Å². The van der Waals surface area contributed by atoms with Gasteiger partial charge in [0.15, 0.2) is 0 Å². The van der Waals surface area contributed by atoms with Crippen molar-refractivity contribution in [3.8, 4) is 0 Å². The monoisotopic (exact) mass is 260 g/mol. The van der Waals surface area contributed by atoms with Crippen molar-refractivity contribution in [1.82, 2.24) is 5.32 Å². The standard InChI is InChI=1S/C15H20N2O2/c1-10(2)16-13(18)15(8-9-15)14(19)17-12-7-5-4-6-11(12)3/h4-7,10H,8-9H2,1-3H3,(H,16,18)(H,17,19). The molecule has 102 valence electrons. The summed E-state index contributed by atoms with van der Waals surface area (Å²) in [6.07, 6.45) is 1.26. The van der Waals surface area contributed by atoms with Gasteiger partial charge < -0.3 is 10.6 Å². The first kappa shape index (κ1) is 13.6. The summed E-state index contributed by atoms with van der Waals surface area (Å²) in [7, 11) is 0. The normalized spacial score (nSPS) is 16.0. The molecule has 0 unspecified atom stereocenters. The molecule has 1 saturated carbocycles. The quantitative estimate of drug-likeness (QED) is 0.816. The lowest BCUT2D eigenvalue weighted by Gasteiger charge is -2.17. The molecule has 1 fully saturated rings. The Labute approximate surface area is 113 Å². The third-order valence-corrected chi connectivity index (χ3v) is 3.43. The van der Waals surface area contributed by atoms with E-state index in [1.165, 1.54) is 0 Å². The highest BCUT2D eigenvalue weighted by molar-refractivity contribution is 6.13. The van der Waals surface area contributed by atoms with Crippen LogP contribution in [0.2, 0.25) is 0 Å². The highest BCUT2D eigenvalue weighted by Gasteiger charge is 2.56. The highest BCUT2D eigenvalue weighted by Crippen LogP contribution is 2.47. The largest absolute Gasteiger partial charge is 0.353 e. The molecule has 2 rings (SSSR count). The van der Waals surface area contributed by atoms with Crippen molar-refractivity contribution in [1.29, 1.82) is 0 Å². The maximum absolute atomic E-state index is 12.3. The summed E-state index contributed by atoms with van der Waals surface area (Å²) in [5.41, 5.74) is 0.916. The van der Waals surface area contributed by atoms with Gasteiger partial charge in [-0.3, -0.25) is 9.59 Å². The second-order valence-corrected chi connectivity index (χ2v) is 5.48. The van der Waals surface area contributed by atoms with Crippen molar-refractivity contribution in [2.24, 2.45) is 5.41 Å². The third kappa shape index (κ3) is 2.78. The minimum absolute atomic E-state index is 0.0521. The second-order valence-electron chi connectivity index (χ2n) is 5.48. The van der Waals surface area contributed by atoms with E-state index in [-0.39, 0.29) is 17.9 Å². The maximum Gasteiger partial charge on any atom is 0.240 e. The smallest absolute Gasteiger partial charge is 0.240 e. The van der Waals surface area contributed by atoms with Gasteiger partial charge in [0.1, 0.15) is 5.41 Å². The molecule has 1 aromatic rings. The summed E-state index contributed by atoms with van der Waals surface area (Å²) in [5, 5.41) is 5.69. The Balaban J connectivity index is 2.08. The first-order valence-corrected chi connectivity index (χ1v) is 6.64. The van der Waals surface area contributed by atoms with E-state index in [1.54, 1.807) is 0 Å². The molecule has 0 saturated heterocycles. The fourth-order valence-corrected chi connectivity index (χ4v) is 2.04. The van der Waals surface area contributed by atoms with Crippen LogP contribution < -0.4 is 10.6 Å². The molecule has 1 aliphatic carbocycles. The van der Waals surface area contributed by atoms with Crippen LogP contribution in [-0.4, -0.2) is 17.9 Å². The minimum Gasteiger partial charge on any atom is -0.353 e. The Kier molecular flexibility index (Phi) is 3.60. The van der Waals surface area contributed by atoms with Gasteiger partial charge in [0, 0.05) is 11.7 Å². The van der Waals surface area contributed by atoms with Crippen LogP contribution in [0.3, 0.4) is 0 Å². The second kappa shape index (κ2) is 5.03. The van der Waals surface area contributed by atoms with Crippen molar-refractivity contribution in [2.75, 3.05) is 5.32 Å². The van der Waals surface area contributed by atoms with Gasteiger partial charge in [-0.15, -0.1) is 0 Å². The number of amides is 2. The van der Waals surface area contributed by atoms with Gasteiger partial charge >= 0.3 is 0 Å². The molecule has 0 atom stereocenters. The van der Waals surface area contributed by atoms with Gasteiger partial charge in [0.25, 0.3) is 0 Å². The van der Waals surface area contributed by atoms with Crippen molar-refractivity contribution >= 4 is 17.5 Å². The van der Waals surface area contributed by atoms with E-state index in [2.05, 4.69) is 10.6 Å². The molecular weight excluding hydrogens is 240 g/mol. The number of carbonyl (C=O) groups is 2. The number of rotatable bonds is 4. The molecule has 1 aromatic carbocycles. The number of hydrogen-bond donors (Lipinski definition) is 2. The molecule has 19 heavy (non-hydrogen) atoms. The predicted molar refractivity (Wildman–Crippen MR) is 74.8 cm³/mol. The third-order valence-electron chi connectivity index (χ3n) is 3.43. The van der Waals surface area contributed by atoms with Crippen molar-refractivity contribution in [2.45, 2.75) is 39.7 Å². The topological polar surface area (TPSA) is 58.2 Å². The molecule has 0 radical (unpaired) electrons. The zero-order chi connectivity index (χ0) is 14.0. The summed E-state index contributed by atoms with van der Waals surface area (Å²) in [6, 6.07) is 7.63. The number of aryl methyl sites for hydroxylation is 1. The van der Waals surface area contributed by atoms with Crippen LogP contribution in [0.1, 0.15) is 32.3 Å². The summed E-state index contributed by atoms with van der Waals surface area (Å²) in [5.74, 6) is -0.353. The van der Waals surface area contributed by atoms with E-state index in [0.717, 1.165) is 11.3 Å². The van der Waals surface area contributed by atoms with Gasteiger partial charge in [-0.1, -0.05) is 18.2 Å². The zero-order valence-electron chi connectivity index (χ0n) is 11.6. The lowest BCUT2D eigenvalue weighted by atomic mass is 10.0. The molecule has 0 aliphatic heterocycles. The van der Waals surface area contributed by atoms with Gasteiger partial charge in [-0.2, -0.15) is 0 Å². The molecule has 2 N–H and O–H groups in total. The van der Waals surface area contributed by atoms with E-state index < -0.39 is 5.41 Å². The Morgan fingerprint density at radius 3 is 2.32 bits per heavy atom. The van der Waals surface area contributed by atoms with E-state index in [0.29, 0.717) is 12.8 Å². The van der Waals surface area contributed by atoms with Gasteiger partial charge in [0.05, 0.1) is 0 Å². The molecule has 4 heteroatoms. The van der Waals surface area contributed by atoms with E-state index >= 15 is 0 Å². The van der Waals surface area contributed by atoms with Gasteiger partial charge in [0.2, 0.25) is 11.8 Å². The molecule has 0 spiro atoms. The summed E-state index contributed by atoms with van der Waals surface area (Å²) < 4.78 is 0. The number of para-hydroxylation sites is 1. The van der Waals surface area contributed by atoms with Crippen LogP contribution in [0.4, 0.5) is 5.69 Å². The van der Waals surface area contributed by atoms with Crippen LogP contribution in [0.25, 0.3) is 0 Å². The fourth-order valence-electron chi connectivity index (χ4n) is 2.04. The predicted octanol–water partition coefficient (Wildman–Crippen LogP) is 2.24. The lowest BCUT2D eigenvalue weighted by Crippen LogP contribution is -2.42. The molecule has 1 aliphatic rings. The number of benzene rings is 1. The number of carbonyl (C=O) groups excluding carboxylic acids is 2. The summed E-state index contributed by atoms with van der Waals surface area (Å²) in [6.45, 7) is 5.73. The Bertz CT molecular complexity index is 505. The average molecular weight is 260 g/mol. The van der Waals surface area contributed by atoms with E-state index in [9.17, 15) is 9.59 Å². The molecule has 0 bridgehead atoms. The maximum atomic E-state index is 12.3. The fraction of sp³-hybridized carbons (Fsp3) is 0.467. The minimum atomic E-state index is -0.855. The number of nitrogens with one attached hydrogen (secondary N) is 2. The highest BCUT2D eigenvalue weighted by atomic mass is 16.2. The zero-order valence-corrected chi connectivity index (χ0v) is 11.6. The first-order chi connectivity index (χ1) is 8.95. The summed E-state index contributed by atoms with van der Waals surface area (Å²) in [4.78, 5) is 24.4. The van der Waals surface area contributed by atoms with Crippen LogP contribution >= 0.6 is 0 Å². The first-order valence-electron chi connectivity index (χ1n) is 6.64. The van der Waals surface area contributed by atoms with Gasteiger partial charge in [-0.05, 0) is 45.2 Å². The Hall–Kier alpha value is -1.84. The van der Waals surface area contributed by atoms with Crippen molar-refractivity contribution in [3.05, 3.63) is 29.8 Å². The average Bonchev–Trinajstić information content (AvgIpc) is 3.12. The lowest BCUT2D eigenvalue weighted by molar-refractivity contribution is -0.134. The number of anilines is 1. The molecule has 2 amide bonds. The van der Waals surface area contributed by atoms with Crippen LogP contribution in [-0.2, 0) is 9.59 Å². The Morgan fingerprint density at radius 1 is 1.16 bits per heavy atom. The number of hydrogen-bond acceptors (Lipinski definition) is 2. The van der Waals surface area contributed by atoms with Crippen LogP contribution in [0, 0.1) is 12.3 Å². The van der Waals surface area contributed by atoms with Crippen molar-refractivity contribution < 1.29 is 9.59 Å². The summed E-state index contributed by atoms with van der Waals surface area (Å²) >= 11 is 0. The SMILES string of the molecule is Cc1ccccc1NC(=O)C1(C(=O)NC(C)C)CC1. The van der Waals surface area contributed by atoms with Crippen LogP contribution in [0.5, 0.6) is 0 Å². The van der Waals surface area contributed by atoms with E-state index in [1.807, 2.05) is 45.0 Å². The van der Waals surface area contributed by atoms with Crippen LogP contribution in [0.15, 0.2) is 24.3 Å².